The van der Waals surface area contributed by atoms with Gasteiger partial charge in [-0.05, 0) is 85.7 Å². The molecule has 5 rings (SSSR count). The third kappa shape index (κ3) is 4.94. The van der Waals surface area contributed by atoms with Crippen LogP contribution >= 0.6 is 11.6 Å². The minimum atomic E-state index is 0.396. The lowest BCUT2D eigenvalue weighted by molar-refractivity contribution is 0.211. The van der Waals surface area contributed by atoms with E-state index < -0.39 is 0 Å². The molecule has 0 atom stereocenters. The van der Waals surface area contributed by atoms with Crippen LogP contribution in [-0.4, -0.2) is 34.0 Å². The Morgan fingerprint density at radius 1 is 0.941 bits per heavy atom. The average molecular weight is 471 g/mol. The second-order valence-corrected chi connectivity index (χ2v) is 9.87. The molecule has 4 aromatic rings. The normalized spacial score (nSPS) is 15.1. The molecule has 1 aliphatic rings. The molecule has 4 nitrogen and oxygen atoms in total. The number of hydrogen-bond donors (Lipinski definition) is 1. The zero-order valence-corrected chi connectivity index (χ0v) is 20.9. The molecule has 0 spiro atoms. The van der Waals surface area contributed by atoms with E-state index in [0.29, 0.717) is 6.04 Å². The zero-order valence-electron chi connectivity index (χ0n) is 20.1. The summed E-state index contributed by atoms with van der Waals surface area (Å²) in [6.07, 6.45) is 2.17. The van der Waals surface area contributed by atoms with Crippen LogP contribution in [-0.2, 0) is 6.54 Å². The highest BCUT2D eigenvalue weighted by atomic mass is 35.5. The largest absolute Gasteiger partial charge is 0.351 e. The molecule has 0 saturated carbocycles. The monoisotopic (exact) mass is 470 g/mol. The highest BCUT2D eigenvalue weighted by molar-refractivity contribution is 6.30. The Hall–Kier alpha value is -2.95. The summed E-state index contributed by atoms with van der Waals surface area (Å²) in [6.45, 7) is 9.52. The highest BCUT2D eigenvalue weighted by Crippen LogP contribution is 2.29. The summed E-state index contributed by atoms with van der Waals surface area (Å²) >= 11 is 6.01. The van der Waals surface area contributed by atoms with Crippen LogP contribution in [0.5, 0.6) is 0 Å². The van der Waals surface area contributed by atoms with Gasteiger partial charge in [0.1, 0.15) is 0 Å². The Morgan fingerprint density at radius 2 is 1.71 bits per heavy atom. The van der Waals surface area contributed by atoms with Crippen LogP contribution in [0.3, 0.4) is 0 Å². The predicted octanol–water partition coefficient (Wildman–Crippen LogP) is 6.95. The van der Waals surface area contributed by atoms with Gasteiger partial charge in [-0.25, -0.2) is 9.97 Å². The topological polar surface area (TPSA) is 41.1 Å². The molecule has 0 aliphatic carbocycles. The lowest BCUT2D eigenvalue weighted by atomic mass is 9.96. The second-order valence-electron chi connectivity index (χ2n) is 9.43. The van der Waals surface area contributed by atoms with E-state index >= 15 is 0 Å². The molecule has 1 saturated heterocycles. The molecule has 0 amide bonds. The molecule has 1 aliphatic heterocycles. The van der Waals surface area contributed by atoms with E-state index in [9.17, 15) is 0 Å². The number of hydrogen-bond acceptors (Lipinski definition) is 4. The number of likely N-dealkylation sites (tertiary alicyclic amines) is 1. The smallest absolute Gasteiger partial charge is 0.223 e. The van der Waals surface area contributed by atoms with Crippen molar-refractivity contribution < 1.29 is 0 Å². The first-order chi connectivity index (χ1) is 16.5. The number of aryl methyl sites for hydroxylation is 2. The Morgan fingerprint density at radius 3 is 2.47 bits per heavy atom. The number of rotatable bonds is 5. The van der Waals surface area contributed by atoms with Crippen molar-refractivity contribution >= 4 is 28.5 Å². The third-order valence-electron chi connectivity index (χ3n) is 7.04. The molecule has 0 bridgehead atoms. The van der Waals surface area contributed by atoms with Crippen LogP contribution in [0.4, 0.5) is 5.95 Å². The van der Waals surface area contributed by atoms with Gasteiger partial charge < -0.3 is 5.32 Å². The summed E-state index contributed by atoms with van der Waals surface area (Å²) in [6, 6.07) is 21.6. The summed E-state index contributed by atoms with van der Waals surface area (Å²) in [7, 11) is 0. The predicted molar refractivity (Wildman–Crippen MR) is 143 cm³/mol. The Labute approximate surface area is 207 Å². The number of piperidine rings is 1. The van der Waals surface area contributed by atoms with Crippen LogP contribution < -0.4 is 5.32 Å². The van der Waals surface area contributed by atoms with Gasteiger partial charge in [0.2, 0.25) is 5.95 Å². The van der Waals surface area contributed by atoms with Crippen molar-refractivity contribution in [2.75, 3.05) is 18.4 Å². The summed E-state index contributed by atoms with van der Waals surface area (Å²) < 4.78 is 0. The molecule has 34 heavy (non-hydrogen) atoms. The quantitative estimate of drug-likeness (QED) is 0.342. The van der Waals surface area contributed by atoms with E-state index in [1.807, 2.05) is 12.1 Å². The number of nitrogens with one attached hydrogen (secondary N) is 1. The Kier molecular flexibility index (Phi) is 6.53. The number of nitrogens with zero attached hydrogens (tertiary/aromatic N) is 3. The summed E-state index contributed by atoms with van der Waals surface area (Å²) in [5.41, 5.74) is 8.43. The van der Waals surface area contributed by atoms with Crippen molar-refractivity contribution in [3.8, 4) is 11.1 Å². The van der Waals surface area contributed by atoms with Gasteiger partial charge in [-0.1, -0.05) is 48.0 Å². The molecule has 174 valence electrons. The van der Waals surface area contributed by atoms with Crippen molar-refractivity contribution in [2.45, 2.75) is 46.2 Å². The van der Waals surface area contributed by atoms with E-state index in [1.165, 1.54) is 27.8 Å². The van der Waals surface area contributed by atoms with Gasteiger partial charge in [0.05, 0.1) is 11.2 Å². The van der Waals surface area contributed by atoms with Crippen LogP contribution in [0.15, 0.2) is 60.7 Å². The minimum absolute atomic E-state index is 0.396. The van der Waals surface area contributed by atoms with Crippen molar-refractivity contribution in [2.24, 2.45) is 0 Å². The zero-order chi connectivity index (χ0) is 23.7. The fourth-order valence-corrected chi connectivity index (χ4v) is 4.97. The average Bonchev–Trinajstić information content (AvgIpc) is 2.83. The maximum absolute atomic E-state index is 6.01. The first-order valence-corrected chi connectivity index (χ1v) is 12.4. The lowest BCUT2D eigenvalue weighted by Gasteiger charge is -2.32. The van der Waals surface area contributed by atoms with Crippen molar-refractivity contribution in [1.82, 2.24) is 14.9 Å². The number of fused-ring (bicyclic) bond motifs is 1. The van der Waals surface area contributed by atoms with E-state index in [-0.39, 0.29) is 0 Å². The van der Waals surface area contributed by atoms with Gasteiger partial charge in [-0.15, -0.1) is 0 Å². The molecule has 1 N–H and O–H groups in total. The van der Waals surface area contributed by atoms with E-state index in [2.05, 4.69) is 79.5 Å². The SMILES string of the molecule is Cc1cccc(-c2ccc3nc(NC4CCN(Cc5ccc(Cl)cc5)CC4)nc(C)c3c2)c1C. The highest BCUT2D eigenvalue weighted by Gasteiger charge is 2.20. The molecule has 0 radical (unpaired) electrons. The lowest BCUT2D eigenvalue weighted by Crippen LogP contribution is -2.39. The van der Waals surface area contributed by atoms with Gasteiger partial charge >= 0.3 is 0 Å². The third-order valence-corrected chi connectivity index (χ3v) is 7.29. The van der Waals surface area contributed by atoms with Gasteiger partial charge in [0.25, 0.3) is 0 Å². The minimum Gasteiger partial charge on any atom is -0.351 e. The number of halogens is 1. The Bertz CT molecular complexity index is 1310. The van der Waals surface area contributed by atoms with Crippen LogP contribution in [0, 0.1) is 20.8 Å². The maximum Gasteiger partial charge on any atom is 0.223 e. The standard InChI is InChI=1S/C29H31ClN4/c1-19-5-4-6-26(20(19)2)23-9-12-28-27(17-23)21(3)31-29(33-28)32-25-13-15-34(16-14-25)18-22-7-10-24(30)11-8-22/h4-12,17,25H,13-16,18H2,1-3H3,(H,31,32,33). The molecule has 3 aromatic carbocycles. The molecule has 0 unspecified atom stereocenters. The van der Waals surface area contributed by atoms with Crippen LogP contribution in [0.25, 0.3) is 22.0 Å². The van der Waals surface area contributed by atoms with Crippen molar-refractivity contribution in [3.63, 3.8) is 0 Å². The Balaban J connectivity index is 1.27. The number of aromatic nitrogens is 2. The fourth-order valence-electron chi connectivity index (χ4n) is 4.84. The molecule has 2 heterocycles. The van der Waals surface area contributed by atoms with Gasteiger partial charge in [-0.3, -0.25) is 4.90 Å². The van der Waals surface area contributed by atoms with Crippen LogP contribution in [0.1, 0.15) is 35.2 Å². The number of benzene rings is 3. The maximum atomic E-state index is 6.01. The van der Waals surface area contributed by atoms with Crippen LogP contribution in [0.2, 0.25) is 5.02 Å². The van der Waals surface area contributed by atoms with E-state index in [1.54, 1.807) is 0 Å². The molecule has 1 aromatic heterocycles. The first-order valence-electron chi connectivity index (χ1n) is 12.0. The van der Waals surface area contributed by atoms with Gasteiger partial charge in [0.15, 0.2) is 0 Å². The fraction of sp³-hybridized carbons (Fsp3) is 0.310. The molecular formula is C29H31ClN4. The van der Waals surface area contributed by atoms with Crippen molar-refractivity contribution in [3.05, 3.63) is 88.1 Å². The summed E-state index contributed by atoms with van der Waals surface area (Å²) in [5.74, 6) is 0.737. The molecule has 5 heteroatoms. The van der Waals surface area contributed by atoms with Gasteiger partial charge in [-0.2, -0.15) is 0 Å². The van der Waals surface area contributed by atoms with Crippen molar-refractivity contribution in [1.29, 1.82) is 0 Å². The van der Waals surface area contributed by atoms with E-state index in [0.717, 1.165) is 60.0 Å². The summed E-state index contributed by atoms with van der Waals surface area (Å²) in [4.78, 5) is 12.2. The molecular weight excluding hydrogens is 440 g/mol. The second kappa shape index (κ2) is 9.73. The summed E-state index contributed by atoms with van der Waals surface area (Å²) in [5, 5.41) is 5.51. The van der Waals surface area contributed by atoms with E-state index in [4.69, 9.17) is 21.6 Å². The number of anilines is 1. The van der Waals surface area contributed by atoms with Gasteiger partial charge in [0, 0.05) is 36.1 Å². The first kappa shape index (κ1) is 22.8. The molecule has 1 fully saturated rings.